The van der Waals surface area contributed by atoms with Crippen LogP contribution < -0.4 is 10.1 Å². The van der Waals surface area contributed by atoms with Gasteiger partial charge in [-0.05, 0) is 12.1 Å². The number of methoxy groups -OCH3 is 1. The third-order valence-corrected chi connectivity index (χ3v) is 2.34. The Morgan fingerprint density at radius 3 is 2.94 bits per heavy atom. The number of nitrogens with zero attached hydrogens (tertiary/aromatic N) is 2. The minimum atomic E-state index is -1.13. The average Bonchev–Trinajstić information content (AvgIpc) is 2.61. The van der Waals surface area contributed by atoms with E-state index < -0.39 is 6.09 Å². The first kappa shape index (κ1) is 10.3. The van der Waals surface area contributed by atoms with E-state index in [1.54, 1.807) is 24.0 Å². The molecule has 0 spiro atoms. The highest BCUT2D eigenvalue weighted by Gasteiger charge is 2.12. The predicted molar refractivity (Wildman–Crippen MR) is 58.9 cm³/mol. The van der Waals surface area contributed by atoms with Crippen molar-refractivity contribution < 1.29 is 14.6 Å². The molecule has 0 aliphatic rings. The molecule has 6 heteroatoms. The van der Waals surface area contributed by atoms with E-state index >= 15 is 0 Å². The number of nitrogens with one attached hydrogen (secondary N) is 1. The summed E-state index contributed by atoms with van der Waals surface area (Å²) in [7, 11) is 3.28. The van der Waals surface area contributed by atoms with Crippen LogP contribution in [0.2, 0.25) is 0 Å². The van der Waals surface area contributed by atoms with Gasteiger partial charge in [0.25, 0.3) is 0 Å². The highest BCUT2D eigenvalue weighted by atomic mass is 16.5. The number of ether oxygens (including phenoxy) is 1. The largest absolute Gasteiger partial charge is 0.495 e. The molecule has 2 aromatic rings. The maximum atomic E-state index is 10.7. The Balaban J connectivity index is 2.68. The van der Waals surface area contributed by atoms with Gasteiger partial charge in [0.05, 0.1) is 24.5 Å². The first-order valence-corrected chi connectivity index (χ1v) is 4.62. The van der Waals surface area contributed by atoms with Crippen LogP contribution in [-0.2, 0) is 7.05 Å². The zero-order valence-electron chi connectivity index (χ0n) is 8.89. The average molecular weight is 221 g/mol. The molecule has 0 saturated carbocycles. The molecule has 84 valence electrons. The van der Waals surface area contributed by atoms with Crippen molar-refractivity contribution in [3.8, 4) is 5.75 Å². The Hall–Kier alpha value is -2.24. The summed E-state index contributed by atoms with van der Waals surface area (Å²) in [4.78, 5) is 10.7. The molecule has 0 saturated heterocycles. The molecule has 2 N–H and O–H groups in total. The van der Waals surface area contributed by atoms with Gasteiger partial charge in [0.15, 0.2) is 0 Å². The first-order chi connectivity index (χ1) is 7.63. The molecule has 0 fully saturated rings. The van der Waals surface area contributed by atoms with Gasteiger partial charge in [0.1, 0.15) is 5.75 Å². The van der Waals surface area contributed by atoms with Gasteiger partial charge >= 0.3 is 6.09 Å². The van der Waals surface area contributed by atoms with Crippen LogP contribution in [0, 0.1) is 0 Å². The normalized spacial score (nSPS) is 10.4. The van der Waals surface area contributed by atoms with Crippen LogP contribution >= 0.6 is 0 Å². The fourth-order valence-corrected chi connectivity index (χ4v) is 1.61. The van der Waals surface area contributed by atoms with Crippen molar-refractivity contribution in [1.82, 2.24) is 9.78 Å². The molecule has 1 amide bonds. The fourth-order valence-electron chi connectivity index (χ4n) is 1.61. The molecule has 0 atom stereocenters. The number of rotatable bonds is 2. The van der Waals surface area contributed by atoms with Crippen molar-refractivity contribution in [3.63, 3.8) is 0 Å². The number of hydrogen-bond donors (Lipinski definition) is 2. The number of benzene rings is 1. The third-order valence-electron chi connectivity index (χ3n) is 2.34. The fraction of sp³-hybridized carbons (Fsp3) is 0.200. The van der Waals surface area contributed by atoms with Gasteiger partial charge in [-0.15, -0.1) is 0 Å². The zero-order chi connectivity index (χ0) is 11.7. The van der Waals surface area contributed by atoms with E-state index in [4.69, 9.17) is 9.84 Å². The zero-order valence-corrected chi connectivity index (χ0v) is 8.89. The smallest absolute Gasteiger partial charge is 0.409 e. The number of anilines is 1. The lowest BCUT2D eigenvalue weighted by Gasteiger charge is -2.09. The predicted octanol–water partition coefficient (Wildman–Crippen LogP) is 1.67. The van der Waals surface area contributed by atoms with Crippen molar-refractivity contribution in [2.24, 2.45) is 7.05 Å². The summed E-state index contributed by atoms with van der Waals surface area (Å²) in [6.07, 6.45) is 0.470. The monoisotopic (exact) mass is 221 g/mol. The summed E-state index contributed by atoms with van der Waals surface area (Å²) in [5.41, 5.74) is 1.25. The van der Waals surface area contributed by atoms with Crippen LogP contribution in [0.25, 0.3) is 10.9 Å². The molecular weight excluding hydrogens is 210 g/mol. The summed E-state index contributed by atoms with van der Waals surface area (Å²) in [5.74, 6) is 0.475. The van der Waals surface area contributed by atoms with Gasteiger partial charge < -0.3 is 9.84 Å². The first-order valence-electron chi connectivity index (χ1n) is 4.62. The van der Waals surface area contributed by atoms with Gasteiger partial charge in [0.2, 0.25) is 0 Å². The minimum Gasteiger partial charge on any atom is -0.495 e. The molecule has 0 radical (unpaired) electrons. The van der Waals surface area contributed by atoms with E-state index in [0.717, 1.165) is 5.52 Å². The second-order valence-corrected chi connectivity index (χ2v) is 3.27. The molecule has 0 aliphatic carbocycles. The standard InChI is InChI=1S/C10H11N3O3/c1-13-7-3-4-8(16-2)9(12-10(14)15)6(7)5-11-13/h3-5,12H,1-2H3,(H,14,15). The topological polar surface area (TPSA) is 76.4 Å². The summed E-state index contributed by atoms with van der Waals surface area (Å²) >= 11 is 0. The second-order valence-electron chi connectivity index (χ2n) is 3.27. The molecule has 2 rings (SSSR count). The lowest BCUT2D eigenvalue weighted by Crippen LogP contribution is -2.08. The van der Waals surface area contributed by atoms with Gasteiger partial charge in [0, 0.05) is 12.4 Å². The summed E-state index contributed by atoms with van der Waals surface area (Å²) in [6, 6.07) is 3.53. The number of aromatic nitrogens is 2. The van der Waals surface area contributed by atoms with Crippen molar-refractivity contribution in [3.05, 3.63) is 18.3 Å². The molecule has 1 aromatic heterocycles. The maximum absolute atomic E-state index is 10.7. The minimum absolute atomic E-state index is 0.417. The van der Waals surface area contributed by atoms with E-state index in [1.165, 1.54) is 7.11 Å². The van der Waals surface area contributed by atoms with Crippen molar-refractivity contribution >= 4 is 22.7 Å². The number of carbonyl (C=O) groups is 1. The Morgan fingerprint density at radius 1 is 1.56 bits per heavy atom. The van der Waals surface area contributed by atoms with Crippen LogP contribution in [0.15, 0.2) is 18.3 Å². The Bertz CT molecular complexity index is 547. The molecule has 1 aromatic carbocycles. The highest BCUT2D eigenvalue weighted by molar-refractivity contribution is 6.01. The van der Waals surface area contributed by atoms with Crippen molar-refractivity contribution in [2.45, 2.75) is 0 Å². The van der Waals surface area contributed by atoms with Crippen molar-refractivity contribution in [1.29, 1.82) is 0 Å². The van der Waals surface area contributed by atoms with E-state index in [2.05, 4.69) is 10.4 Å². The van der Waals surface area contributed by atoms with Crippen LogP contribution in [0.1, 0.15) is 0 Å². The Kier molecular flexibility index (Phi) is 2.40. The molecule has 6 nitrogen and oxygen atoms in total. The maximum Gasteiger partial charge on any atom is 0.409 e. The summed E-state index contributed by atoms with van der Waals surface area (Å²) in [6.45, 7) is 0. The van der Waals surface area contributed by atoms with E-state index in [0.29, 0.717) is 16.8 Å². The van der Waals surface area contributed by atoms with E-state index in [9.17, 15) is 4.79 Å². The number of amides is 1. The quantitative estimate of drug-likeness (QED) is 0.808. The lowest BCUT2D eigenvalue weighted by molar-refractivity contribution is 0.209. The Labute approximate surface area is 91.4 Å². The van der Waals surface area contributed by atoms with Crippen molar-refractivity contribution in [2.75, 3.05) is 12.4 Å². The molecule has 0 aliphatic heterocycles. The molecule has 0 unspecified atom stereocenters. The summed E-state index contributed by atoms with van der Waals surface area (Å²) < 4.78 is 6.77. The van der Waals surface area contributed by atoms with E-state index in [1.807, 2.05) is 6.07 Å². The molecule has 16 heavy (non-hydrogen) atoms. The van der Waals surface area contributed by atoms with Crippen LogP contribution in [0.5, 0.6) is 5.75 Å². The summed E-state index contributed by atoms with van der Waals surface area (Å²) in [5, 5.41) is 15.9. The molecular formula is C10H11N3O3. The number of aryl methyl sites for hydroxylation is 1. The number of carboxylic acid groups (broad SMARTS) is 1. The van der Waals surface area contributed by atoms with Gasteiger partial charge in [-0.25, -0.2) is 4.79 Å². The molecule has 1 heterocycles. The third kappa shape index (κ3) is 1.54. The number of fused-ring (bicyclic) bond motifs is 1. The van der Waals surface area contributed by atoms with Crippen LogP contribution in [0.3, 0.4) is 0 Å². The SMILES string of the molecule is COc1ccc2c(cnn2C)c1NC(=O)O. The van der Waals surface area contributed by atoms with Crippen LogP contribution in [0.4, 0.5) is 10.5 Å². The number of hydrogen-bond acceptors (Lipinski definition) is 3. The van der Waals surface area contributed by atoms with E-state index in [-0.39, 0.29) is 0 Å². The van der Waals surface area contributed by atoms with Gasteiger partial charge in [-0.2, -0.15) is 5.10 Å². The van der Waals surface area contributed by atoms with Gasteiger partial charge in [-0.1, -0.05) is 0 Å². The lowest BCUT2D eigenvalue weighted by atomic mass is 10.2. The molecule has 0 bridgehead atoms. The highest BCUT2D eigenvalue weighted by Crippen LogP contribution is 2.32. The second kappa shape index (κ2) is 3.73. The van der Waals surface area contributed by atoms with Crippen LogP contribution in [-0.4, -0.2) is 28.1 Å². The van der Waals surface area contributed by atoms with Gasteiger partial charge in [-0.3, -0.25) is 10.00 Å². The Morgan fingerprint density at radius 2 is 2.31 bits per heavy atom.